The molecule has 2 amide bonds. The number of nitrogens with zero attached hydrogens (tertiary/aromatic N) is 2. The standard InChI is InChI=1S/C20H21N3O5S2/c1-14-20(25)21-17-13-16(5-6-18(17)28-14)30(26,27)23-10-8-22(9-11-23)19(24)7-4-15-3-2-12-29-15/h2-7,12-14H,8-11H2,1H3,(H,21,25). The maximum Gasteiger partial charge on any atom is 0.265 e. The lowest BCUT2D eigenvalue weighted by Crippen LogP contribution is -2.50. The van der Waals surface area contributed by atoms with Crippen molar-refractivity contribution in [2.45, 2.75) is 17.9 Å². The summed E-state index contributed by atoms with van der Waals surface area (Å²) in [6, 6.07) is 8.27. The number of carbonyl (C=O) groups excluding carboxylic acids is 2. The molecular formula is C20H21N3O5S2. The fraction of sp³-hybridized carbons (Fsp3) is 0.300. The Balaban J connectivity index is 1.42. The number of piperazine rings is 1. The van der Waals surface area contributed by atoms with Crippen LogP contribution in [0.2, 0.25) is 0 Å². The molecule has 0 aliphatic carbocycles. The van der Waals surface area contributed by atoms with E-state index in [1.54, 1.807) is 35.3 Å². The normalized spacial score (nSPS) is 20.0. The van der Waals surface area contributed by atoms with Gasteiger partial charge in [-0.1, -0.05) is 6.07 Å². The summed E-state index contributed by atoms with van der Waals surface area (Å²) in [5.74, 6) is -0.0167. The number of amides is 2. The maximum absolute atomic E-state index is 13.0. The molecule has 2 aliphatic rings. The van der Waals surface area contributed by atoms with E-state index in [2.05, 4.69) is 5.32 Å². The van der Waals surface area contributed by atoms with Gasteiger partial charge >= 0.3 is 0 Å². The van der Waals surface area contributed by atoms with Gasteiger partial charge < -0.3 is 15.0 Å². The lowest BCUT2D eigenvalue weighted by atomic mass is 10.2. The van der Waals surface area contributed by atoms with Crippen LogP contribution in [0.25, 0.3) is 6.08 Å². The van der Waals surface area contributed by atoms with Crippen molar-refractivity contribution in [2.75, 3.05) is 31.5 Å². The third-order valence-corrected chi connectivity index (χ3v) is 7.74. The van der Waals surface area contributed by atoms with Gasteiger partial charge in [-0.15, -0.1) is 11.3 Å². The monoisotopic (exact) mass is 447 g/mol. The molecule has 0 saturated carbocycles. The minimum Gasteiger partial charge on any atom is -0.479 e. The van der Waals surface area contributed by atoms with E-state index in [-0.39, 0.29) is 29.8 Å². The van der Waals surface area contributed by atoms with Crippen LogP contribution in [0.1, 0.15) is 11.8 Å². The Hall–Kier alpha value is -2.69. The fourth-order valence-corrected chi connectivity index (χ4v) is 5.36. The number of rotatable bonds is 4. The van der Waals surface area contributed by atoms with Crippen LogP contribution in [0.3, 0.4) is 0 Å². The van der Waals surface area contributed by atoms with Gasteiger partial charge in [0, 0.05) is 37.1 Å². The Morgan fingerprint density at radius 2 is 2.00 bits per heavy atom. The van der Waals surface area contributed by atoms with Gasteiger partial charge in [0.05, 0.1) is 10.6 Å². The molecule has 1 saturated heterocycles. The summed E-state index contributed by atoms with van der Waals surface area (Å²) in [5, 5.41) is 4.60. The highest BCUT2D eigenvalue weighted by Gasteiger charge is 2.31. The molecule has 1 fully saturated rings. The molecule has 0 spiro atoms. The number of nitrogens with one attached hydrogen (secondary N) is 1. The molecule has 1 unspecified atom stereocenters. The van der Waals surface area contributed by atoms with E-state index >= 15 is 0 Å². The summed E-state index contributed by atoms with van der Waals surface area (Å²) in [5.41, 5.74) is 0.340. The molecule has 1 aromatic heterocycles. The van der Waals surface area contributed by atoms with Crippen LogP contribution in [-0.2, 0) is 19.6 Å². The molecule has 2 aromatic rings. The van der Waals surface area contributed by atoms with E-state index in [0.29, 0.717) is 24.5 Å². The largest absolute Gasteiger partial charge is 0.479 e. The van der Waals surface area contributed by atoms with Crippen molar-refractivity contribution < 1.29 is 22.7 Å². The second kappa shape index (κ2) is 8.21. The topological polar surface area (TPSA) is 96.0 Å². The molecule has 8 nitrogen and oxygen atoms in total. The summed E-state index contributed by atoms with van der Waals surface area (Å²) >= 11 is 1.54. The smallest absolute Gasteiger partial charge is 0.265 e. The number of thiophene rings is 1. The van der Waals surface area contributed by atoms with Crippen molar-refractivity contribution in [3.05, 3.63) is 46.7 Å². The molecule has 1 N–H and O–H groups in total. The Morgan fingerprint density at radius 1 is 1.23 bits per heavy atom. The highest BCUT2D eigenvalue weighted by molar-refractivity contribution is 7.89. The molecule has 158 valence electrons. The Bertz CT molecular complexity index is 1090. The molecule has 1 atom stereocenters. The summed E-state index contributed by atoms with van der Waals surface area (Å²) in [6.45, 7) is 2.67. The summed E-state index contributed by atoms with van der Waals surface area (Å²) in [4.78, 5) is 26.9. The molecule has 2 aliphatic heterocycles. The van der Waals surface area contributed by atoms with Crippen molar-refractivity contribution >= 4 is 44.9 Å². The van der Waals surface area contributed by atoms with Crippen molar-refractivity contribution in [3.63, 3.8) is 0 Å². The molecule has 0 bridgehead atoms. The van der Waals surface area contributed by atoms with Crippen LogP contribution in [0.4, 0.5) is 5.69 Å². The average Bonchev–Trinajstić information content (AvgIpc) is 3.26. The Labute approximate surface area is 178 Å². The fourth-order valence-electron chi connectivity index (χ4n) is 3.29. The first kappa shape index (κ1) is 20.6. The van der Waals surface area contributed by atoms with Crippen molar-refractivity contribution in [3.8, 4) is 5.75 Å². The van der Waals surface area contributed by atoms with Crippen molar-refractivity contribution in [1.82, 2.24) is 9.21 Å². The van der Waals surface area contributed by atoms with Crippen LogP contribution in [0, 0.1) is 0 Å². The van der Waals surface area contributed by atoms with Gasteiger partial charge in [-0.3, -0.25) is 9.59 Å². The van der Waals surface area contributed by atoms with Crippen LogP contribution in [0.15, 0.2) is 46.7 Å². The maximum atomic E-state index is 13.0. The third-order valence-electron chi connectivity index (χ3n) is 5.00. The summed E-state index contributed by atoms with van der Waals surface area (Å²) in [7, 11) is -3.75. The van der Waals surface area contributed by atoms with Gasteiger partial charge in [0.2, 0.25) is 15.9 Å². The van der Waals surface area contributed by atoms with E-state index in [9.17, 15) is 18.0 Å². The molecule has 0 radical (unpaired) electrons. The number of sulfonamides is 1. The second-order valence-corrected chi connectivity index (χ2v) is 9.90. The van der Waals surface area contributed by atoms with E-state index < -0.39 is 16.1 Å². The first-order valence-corrected chi connectivity index (χ1v) is 11.8. The number of hydrogen-bond donors (Lipinski definition) is 1. The van der Waals surface area contributed by atoms with Gasteiger partial charge in [0.25, 0.3) is 5.91 Å². The van der Waals surface area contributed by atoms with Crippen molar-refractivity contribution in [2.24, 2.45) is 0 Å². The van der Waals surface area contributed by atoms with E-state index in [1.807, 2.05) is 17.5 Å². The first-order valence-electron chi connectivity index (χ1n) is 9.47. The molecule has 4 rings (SSSR count). The van der Waals surface area contributed by atoms with Crippen LogP contribution in [-0.4, -0.2) is 61.7 Å². The minimum absolute atomic E-state index is 0.0806. The number of benzene rings is 1. The number of carbonyl (C=O) groups is 2. The SMILES string of the molecule is CC1Oc2ccc(S(=O)(=O)N3CCN(C(=O)C=Cc4cccs4)CC3)cc2NC1=O. The van der Waals surface area contributed by atoms with Gasteiger partial charge in [-0.05, 0) is 42.6 Å². The minimum atomic E-state index is -3.75. The summed E-state index contributed by atoms with van der Waals surface area (Å²) in [6.07, 6.45) is 2.66. The number of ether oxygens (including phenoxy) is 1. The zero-order valence-electron chi connectivity index (χ0n) is 16.3. The highest BCUT2D eigenvalue weighted by atomic mass is 32.2. The van der Waals surface area contributed by atoms with E-state index in [0.717, 1.165) is 4.88 Å². The van der Waals surface area contributed by atoms with E-state index in [4.69, 9.17) is 4.74 Å². The lowest BCUT2D eigenvalue weighted by molar-refractivity contribution is -0.127. The molecule has 1 aromatic carbocycles. The van der Waals surface area contributed by atoms with Gasteiger partial charge in [-0.2, -0.15) is 4.31 Å². The van der Waals surface area contributed by atoms with Crippen LogP contribution in [0.5, 0.6) is 5.75 Å². The third kappa shape index (κ3) is 4.11. The predicted octanol–water partition coefficient (Wildman–Crippen LogP) is 2.01. The Kier molecular flexibility index (Phi) is 5.63. The van der Waals surface area contributed by atoms with Gasteiger partial charge in [0.1, 0.15) is 5.75 Å². The zero-order valence-corrected chi connectivity index (χ0v) is 17.9. The lowest BCUT2D eigenvalue weighted by Gasteiger charge is -2.33. The van der Waals surface area contributed by atoms with E-state index in [1.165, 1.54) is 22.5 Å². The van der Waals surface area contributed by atoms with Gasteiger partial charge in [0.15, 0.2) is 6.10 Å². The van der Waals surface area contributed by atoms with Crippen LogP contribution >= 0.6 is 11.3 Å². The predicted molar refractivity (Wildman–Crippen MR) is 114 cm³/mol. The molecular weight excluding hydrogens is 426 g/mol. The zero-order chi connectivity index (χ0) is 21.3. The van der Waals surface area contributed by atoms with Crippen LogP contribution < -0.4 is 10.1 Å². The summed E-state index contributed by atoms with van der Waals surface area (Å²) < 4.78 is 32.9. The quantitative estimate of drug-likeness (QED) is 0.724. The number of hydrogen-bond acceptors (Lipinski definition) is 6. The van der Waals surface area contributed by atoms with Crippen molar-refractivity contribution in [1.29, 1.82) is 0 Å². The van der Waals surface area contributed by atoms with Gasteiger partial charge in [-0.25, -0.2) is 8.42 Å². The highest BCUT2D eigenvalue weighted by Crippen LogP contribution is 2.32. The number of fused-ring (bicyclic) bond motifs is 1. The molecule has 30 heavy (non-hydrogen) atoms. The molecule has 3 heterocycles. The first-order chi connectivity index (χ1) is 14.3. The molecule has 10 heteroatoms. The number of anilines is 1. The second-order valence-electron chi connectivity index (χ2n) is 6.99. The Morgan fingerprint density at radius 3 is 2.70 bits per heavy atom. The average molecular weight is 448 g/mol.